The molecule has 130 valence electrons. The number of nitrogens with zero attached hydrogens (tertiary/aromatic N) is 1. The number of para-hydroxylation sites is 1. The van der Waals surface area contributed by atoms with Crippen LogP contribution in [-0.2, 0) is 21.4 Å². The second-order valence-corrected chi connectivity index (χ2v) is 6.76. The first-order valence-corrected chi connectivity index (χ1v) is 8.83. The Bertz CT molecular complexity index is 904. The number of hydrogen-bond acceptors (Lipinski definition) is 5. The fourth-order valence-electron chi connectivity index (χ4n) is 2.14. The molecule has 0 heterocycles. The van der Waals surface area contributed by atoms with Gasteiger partial charge in [-0.15, -0.1) is 0 Å². The van der Waals surface area contributed by atoms with Crippen LogP contribution in [0.3, 0.4) is 0 Å². The van der Waals surface area contributed by atoms with Crippen LogP contribution in [0.15, 0.2) is 53.4 Å². The maximum atomic E-state index is 12.2. The summed E-state index contributed by atoms with van der Waals surface area (Å²) in [5.74, 6) is 0.134. The van der Waals surface area contributed by atoms with Crippen molar-refractivity contribution in [3.8, 4) is 11.8 Å². The molecule has 25 heavy (non-hydrogen) atoms. The minimum atomic E-state index is -3.95. The summed E-state index contributed by atoms with van der Waals surface area (Å²) in [5.41, 5.74) is 0.792. The van der Waals surface area contributed by atoms with Gasteiger partial charge in [-0.3, -0.25) is 4.79 Å². The Morgan fingerprint density at radius 1 is 1.16 bits per heavy atom. The molecule has 0 aliphatic carbocycles. The van der Waals surface area contributed by atoms with Crippen LogP contribution < -0.4 is 14.8 Å². The zero-order valence-corrected chi connectivity index (χ0v) is 14.3. The summed E-state index contributed by atoms with van der Waals surface area (Å²) >= 11 is 0. The maximum absolute atomic E-state index is 12.2. The van der Waals surface area contributed by atoms with E-state index in [1.54, 1.807) is 18.2 Å². The van der Waals surface area contributed by atoms with Gasteiger partial charge in [0.25, 0.3) is 0 Å². The van der Waals surface area contributed by atoms with Gasteiger partial charge < -0.3 is 10.1 Å². The first-order chi connectivity index (χ1) is 12.0. The van der Waals surface area contributed by atoms with Gasteiger partial charge in [-0.2, -0.15) is 5.26 Å². The molecule has 0 unspecified atom stereocenters. The highest BCUT2D eigenvalue weighted by molar-refractivity contribution is 7.89. The Kier molecular flexibility index (Phi) is 6.11. The fraction of sp³-hybridized carbons (Fsp3) is 0.176. The van der Waals surface area contributed by atoms with Gasteiger partial charge in [0.15, 0.2) is 0 Å². The lowest BCUT2D eigenvalue weighted by Gasteiger charge is -2.11. The summed E-state index contributed by atoms with van der Waals surface area (Å²) in [7, 11) is -2.42. The number of sulfonamides is 1. The molecule has 2 rings (SSSR count). The molecular weight excluding hydrogens is 342 g/mol. The van der Waals surface area contributed by atoms with E-state index in [1.807, 2.05) is 18.2 Å². The van der Waals surface area contributed by atoms with Crippen molar-refractivity contribution >= 4 is 15.9 Å². The molecule has 2 N–H and O–H groups in total. The highest BCUT2D eigenvalue weighted by Gasteiger charge is 2.19. The first-order valence-electron chi connectivity index (χ1n) is 7.35. The molecule has 8 heteroatoms. The van der Waals surface area contributed by atoms with Crippen LogP contribution in [0.4, 0.5) is 0 Å². The minimum Gasteiger partial charge on any atom is -0.496 e. The molecule has 0 saturated heterocycles. The van der Waals surface area contributed by atoms with Crippen molar-refractivity contribution in [3.63, 3.8) is 0 Å². The molecule has 0 aromatic heterocycles. The number of rotatable bonds is 7. The number of methoxy groups -OCH3 is 1. The SMILES string of the molecule is COc1ccccc1CNC(=O)CNS(=O)(=O)c1ccccc1C#N. The molecule has 0 saturated carbocycles. The molecule has 2 aromatic carbocycles. The van der Waals surface area contributed by atoms with Crippen molar-refractivity contribution in [2.45, 2.75) is 11.4 Å². The van der Waals surface area contributed by atoms with Gasteiger partial charge in [0.1, 0.15) is 11.8 Å². The summed E-state index contributed by atoms with van der Waals surface area (Å²) < 4.78 is 31.8. The summed E-state index contributed by atoms with van der Waals surface area (Å²) in [5, 5.41) is 11.6. The average Bonchev–Trinajstić information content (AvgIpc) is 2.64. The van der Waals surface area contributed by atoms with Gasteiger partial charge in [-0.25, -0.2) is 13.1 Å². The number of nitrogens with one attached hydrogen (secondary N) is 2. The predicted octanol–water partition coefficient (Wildman–Crippen LogP) is 1.16. The Balaban J connectivity index is 1.96. The van der Waals surface area contributed by atoms with E-state index in [0.29, 0.717) is 5.75 Å². The monoisotopic (exact) mass is 359 g/mol. The first kappa shape index (κ1) is 18.4. The van der Waals surface area contributed by atoms with Crippen LogP contribution in [0.1, 0.15) is 11.1 Å². The predicted molar refractivity (Wildman–Crippen MR) is 91.2 cm³/mol. The van der Waals surface area contributed by atoms with Crippen molar-refractivity contribution in [2.24, 2.45) is 0 Å². The molecule has 7 nitrogen and oxygen atoms in total. The van der Waals surface area contributed by atoms with E-state index in [-0.39, 0.29) is 17.0 Å². The Morgan fingerprint density at radius 3 is 2.56 bits per heavy atom. The number of benzene rings is 2. The Hall–Kier alpha value is -2.89. The lowest BCUT2D eigenvalue weighted by atomic mass is 10.2. The molecular formula is C17H17N3O4S. The lowest BCUT2D eigenvalue weighted by molar-refractivity contribution is -0.120. The zero-order chi connectivity index (χ0) is 18.3. The summed E-state index contributed by atoms with van der Waals surface area (Å²) in [6, 6.07) is 14.8. The van der Waals surface area contributed by atoms with Crippen molar-refractivity contribution in [2.75, 3.05) is 13.7 Å². The van der Waals surface area contributed by atoms with E-state index in [4.69, 9.17) is 10.00 Å². The van der Waals surface area contributed by atoms with Gasteiger partial charge in [-0.05, 0) is 18.2 Å². The molecule has 0 atom stereocenters. The van der Waals surface area contributed by atoms with Gasteiger partial charge in [-0.1, -0.05) is 30.3 Å². The maximum Gasteiger partial charge on any atom is 0.242 e. The number of nitriles is 1. The fourth-order valence-corrected chi connectivity index (χ4v) is 3.27. The van der Waals surface area contributed by atoms with E-state index >= 15 is 0 Å². The van der Waals surface area contributed by atoms with Gasteiger partial charge >= 0.3 is 0 Å². The second kappa shape index (κ2) is 8.28. The van der Waals surface area contributed by atoms with Crippen LogP contribution >= 0.6 is 0 Å². The molecule has 2 aromatic rings. The number of hydrogen-bond donors (Lipinski definition) is 2. The van der Waals surface area contributed by atoms with E-state index in [9.17, 15) is 13.2 Å². The van der Waals surface area contributed by atoms with Crippen LogP contribution in [0.2, 0.25) is 0 Å². The minimum absolute atomic E-state index is 0.0180. The number of amides is 1. The molecule has 0 fully saturated rings. The molecule has 0 spiro atoms. The van der Waals surface area contributed by atoms with E-state index in [1.165, 1.54) is 25.3 Å². The van der Waals surface area contributed by atoms with E-state index < -0.39 is 22.5 Å². The third-order valence-corrected chi connectivity index (χ3v) is 4.85. The second-order valence-electron chi connectivity index (χ2n) is 5.02. The molecule has 1 amide bonds. The highest BCUT2D eigenvalue weighted by atomic mass is 32.2. The quantitative estimate of drug-likeness (QED) is 0.771. The van der Waals surface area contributed by atoms with Crippen molar-refractivity contribution in [1.29, 1.82) is 5.26 Å². The normalized spacial score (nSPS) is 10.7. The summed E-state index contributed by atoms with van der Waals surface area (Å²) in [6.07, 6.45) is 0. The topological polar surface area (TPSA) is 108 Å². The van der Waals surface area contributed by atoms with Gasteiger partial charge in [0.2, 0.25) is 15.9 Å². The van der Waals surface area contributed by atoms with Crippen molar-refractivity contribution in [1.82, 2.24) is 10.0 Å². The zero-order valence-electron chi connectivity index (χ0n) is 13.5. The average molecular weight is 359 g/mol. The van der Waals surface area contributed by atoms with Crippen LogP contribution in [-0.4, -0.2) is 28.0 Å². The molecule has 0 radical (unpaired) electrons. The van der Waals surface area contributed by atoms with Gasteiger partial charge in [0, 0.05) is 12.1 Å². The van der Waals surface area contributed by atoms with Crippen molar-refractivity contribution < 1.29 is 17.9 Å². The lowest BCUT2D eigenvalue weighted by Crippen LogP contribution is -2.36. The molecule has 0 bridgehead atoms. The van der Waals surface area contributed by atoms with E-state index in [0.717, 1.165) is 5.56 Å². The van der Waals surface area contributed by atoms with Gasteiger partial charge in [0.05, 0.1) is 24.1 Å². The molecule has 0 aliphatic heterocycles. The number of ether oxygens (including phenoxy) is 1. The largest absolute Gasteiger partial charge is 0.496 e. The van der Waals surface area contributed by atoms with Crippen LogP contribution in [0.5, 0.6) is 5.75 Å². The van der Waals surface area contributed by atoms with Crippen molar-refractivity contribution in [3.05, 3.63) is 59.7 Å². The van der Waals surface area contributed by atoms with Crippen LogP contribution in [0, 0.1) is 11.3 Å². The standard InChI is InChI=1S/C17H17N3O4S/c1-24-15-8-4-2-7-14(15)11-19-17(21)12-20-25(22,23)16-9-5-3-6-13(16)10-18/h2-9,20H,11-12H2,1H3,(H,19,21). The Morgan fingerprint density at radius 2 is 1.84 bits per heavy atom. The number of carbonyl (C=O) groups is 1. The third-order valence-electron chi connectivity index (χ3n) is 3.39. The highest BCUT2D eigenvalue weighted by Crippen LogP contribution is 2.16. The Labute approximate surface area is 146 Å². The van der Waals surface area contributed by atoms with E-state index in [2.05, 4.69) is 10.0 Å². The van der Waals surface area contributed by atoms with Crippen LogP contribution in [0.25, 0.3) is 0 Å². The third kappa shape index (κ3) is 4.79. The summed E-state index contributed by atoms with van der Waals surface area (Å²) in [6.45, 7) is -0.226. The smallest absolute Gasteiger partial charge is 0.242 e. The molecule has 0 aliphatic rings. The summed E-state index contributed by atoms with van der Waals surface area (Å²) in [4.78, 5) is 11.7. The number of carbonyl (C=O) groups excluding carboxylic acids is 1.